The number of alkyl halides is 3. The van der Waals surface area contributed by atoms with Crippen molar-refractivity contribution in [3.05, 3.63) is 61.3 Å². The maximum absolute atomic E-state index is 14.1. The summed E-state index contributed by atoms with van der Waals surface area (Å²) in [5, 5.41) is 3.78. The number of rotatable bonds is 2. The number of fused-ring (bicyclic) bond motifs is 1. The number of benzene rings is 1. The second-order valence-electron chi connectivity index (χ2n) is 6.09. The van der Waals surface area contributed by atoms with Crippen LogP contribution in [0.2, 0.25) is 5.02 Å². The highest BCUT2D eigenvalue weighted by Crippen LogP contribution is 2.45. The van der Waals surface area contributed by atoms with Gasteiger partial charge >= 0.3 is 11.9 Å². The Bertz CT molecular complexity index is 1120. The van der Waals surface area contributed by atoms with Crippen LogP contribution in [0.25, 0.3) is 0 Å². The summed E-state index contributed by atoms with van der Waals surface area (Å²) in [6.45, 7) is 0. The van der Waals surface area contributed by atoms with Gasteiger partial charge in [0.05, 0.1) is 0 Å². The van der Waals surface area contributed by atoms with Gasteiger partial charge in [-0.25, -0.2) is 4.79 Å². The molecule has 148 valence electrons. The maximum Gasteiger partial charge on any atom is 0.425 e. The highest BCUT2D eigenvalue weighted by Gasteiger charge is 2.68. The van der Waals surface area contributed by atoms with Crippen LogP contribution in [-0.4, -0.2) is 27.1 Å². The summed E-state index contributed by atoms with van der Waals surface area (Å²) in [5.74, 6) is -3.59. The van der Waals surface area contributed by atoms with E-state index in [4.69, 9.17) is 11.6 Å². The number of anilines is 1. The van der Waals surface area contributed by atoms with E-state index in [1.165, 1.54) is 12.1 Å². The minimum atomic E-state index is -5.38. The van der Waals surface area contributed by atoms with E-state index in [9.17, 15) is 32.3 Å². The first-order chi connectivity index (χ1) is 12.9. The predicted octanol–water partition coefficient (Wildman–Crippen LogP) is 0.877. The van der Waals surface area contributed by atoms with Gasteiger partial charge in [0.25, 0.3) is 22.9 Å². The van der Waals surface area contributed by atoms with Crippen molar-refractivity contribution in [2.75, 3.05) is 5.32 Å². The number of nitrogens with zero attached hydrogens (tertiary/aromatic N) is 2. The van der Waals surface area contributed by atoms with E-state index in [0.29, 0.717) is 9.13 Å². The number of amides is 2. The zero-order valence-electron chi connectivity index (χ0n) is 14.3. The lowest BCUT2D eigenvalue weighted by molar-refractivity contribution is -0.196. The molecule has 2 amide bonds. The van der Waals surface area contributed by atoms with Crippen molar-refractivity contribution >= 4 is 29.2 Å². The summed E-state index contributed by atoms with van der Waals surface area (Å²) in [6, 6.07) is 4.88. The fourth-order valence-corrected chi connectivity index (χ4v) is 3.07. The lowest BCUT2D eigenvalue weighted by Crippen LogP contribution is -2.62. The SMILES string of the molecule is Cn1c2c(c(=O)n(C)c1=O)[C@](NC(=O)c1ccc(Cl)cc1)(C(F)(F)F)C(=O)N2. The van der Waals surface area contributed by atoms with Crippen LogP contribution < -0.4 is 21.9 Å². The molecular formula is C16H12ClF3N4O4. The van der Waals surface area contributed by atoms with Gasteiger partial charge in [-0.3, -0.25) is 23.5 Å². The van der Waals surface area contributed by atoms with Crippen molar-refractivity contribution in [2.45, 2.75) is 11.7 Å². The van der Waals surface area contributed by atoms with Crippen molar-refractivity contribution in [1.82, 2.24) is 14.5 Å². The average Bonchev–Trinajstić information content (AvgIpc) is 2.92. The van der Waals surface area contributed by atoms with Crippen LogP contribution in [0.4, 0.5) is 19.0 Å². The van der Waals surface area contributed by atoms with E-state index in [-0.39, 0.29) is 10.6 Å². The molecule has 0 saturated heterocycles. The maximum atomic E-state index is 14.1. The Hall–Kier alpha value is -3.08. The van der Waals surface area contributed by atoms with Gasteiger partial charge in [-0.2, -0.15) is 13.2 Å². The fraction of sp³-hybridized carbons (Fsp3) is 0.250. The molecular weight excluding hydrogens is 405 g/mol. The predicted molar refractivity (Wildman–Crippen MR) is 92.2 cm³/mol. The van der Waals surface area contributed by atoms with E-state index >= 15 is 0 Å². The van der Waals surface area contributed by atoms with Crippen molar-refractivity contribution in [2.24, 2.45) is 14.1 Å². The Kier molecular flexibility index (Phi) is 4.38. The first-order valence-corrected chi connectivity index (χ1v) is 8.06. The van der Waals surface area contributed by atoms with Gasteiger partial charge in [-0.1, -0.05) is 11.6 Å². The van der Waals surface area contributed by atoms with Gasteiger partial charge in [0.15, 0.2) is 0 Å². The van der Waals surface area contributed by atoms with Gasteiger partial charge in [0.2, 0.25) is 0 Å². The minimum absolute atomic E-state index is 0.212. The third-order valence-electron chi connectivity index (χ3n) is 4.44. The van der Waals surface area contributed by atoms with Crippen molar-refractivity contribution < 1.29 is 22.8 Å². The molecule has 1 aliphatic rings. The number of halogens is 4. The molecule has 0 saturated carbocycles. The summed E-state index contributed by atoms with van der Waals surface area (Å²) >= 11 is 5.69. The Morgan fingerprint density at radius 2 is 1.68 bits per heavy atom. The van der Waals surface area contributed by atoms with Crippen molar-refractivity contribution in [3.8, 4) is 0 Å². The summed E-state index contributed by atoms with van der Waals surface area (Å²) < 4.78 is 43.4. The van der Waals surface area contributed by atoms with Gasteiger partial charge in [0, 0.05) is 24.7 Å². The van der Waals surface area contributed by atoms with Crippen LogP contribution in [0.3, 0.4) is 0 Å². The second kappa shape index (κ2) is 6.23. The van der Waals surface area contributed by atoms with E-state index in [0.717, 1.165) is 26.2 Å². The quantitative estimate of drug-likeness (QED) is 0.758. The first-order valence-electron chi connectivity index (χ1n) is 7.68. The molecule has 0 spiro atoms. The van der Waals surface area contributed by atoms with E-state index < -0.39 is 46.2 Å². The summed E-state index contributed by atoms with van der Waals surface area (Å²) in [6.07, 6.45) is -5.38. The zero-order chi connectivity index (χ0) is 21.0. The third-order valence-corrected chi connectivity index (χ3v) is 4.70. The molecule has 0 aliphatic carbocycles. The minimum Gasteiger partial charge on any atom is -0.326 e. The normalized spacial score (nSPS) is 18.6. The van der Waals surface area contributed by atoms with Crippen LogP contribution in [0, 0.1) is 0 Å². The molecule has 2 aromatic rings. The smallest absolute Gasteiger partial charge is 0.326 e. The molecule has 2 N–H and O–H groups in total. The van der Waals surface area contributed by atoms with Gasteiger partial charge < -0.3 is 10.6 Å². The molecule has 2 heterocycles. The van der Waals surface area contributed by atoms with Gasteiger partial charge in [-0.15, -0.1) is 0 Å². The molecule has 3 rings (SSSR count). The molecule has 12 heteroatoms. The largest absolute Gasteiger partial charge is 0.425 e. The Morgan fingerprint density at radius 3 is 2.21 bits per heavy atom. The number of hydrogen-bond acceptors (Lipinski definition) is 4. The van der Waals surface area contributed by atoms with Crippen LogP contribution in [-0.2, 0) is 24.4 Å². The second-order valence-corrected chi connectivity index (χ2v) is 6.53. The summed E-state index contributed by atoms with van der Waals surface area (Å²) in [7, 11) is 2.06. The van der Waals surface area contributed by atoms with Crippen LogP contribution in [0.15, 0.2) is 33.9 Å². The monoisotopic (exact) mass is 416 g/mol. The van der Waals surface area contributed by atoms with Gasteiger partial charge in [0.1, 0.15) is 11.4 Å². The van der Waals surface area contributed by atoms with Crippen molar-refractivity contribution in [1.29, 1.82) is 0 Å². The molecule has 8 nitrogen and oxygen atoms in total. The topological polar surface area (TPSA) is 102 Å². The molecule has 0 bridgehead atoms. The fourth-order valence-electron chi connectivity index (χ4n) is 2.95. The van der Waals surface area contributed by atoms with E-state index in [2.05, 4.69) is 0 Å². The lowest BCUT2D eigenvalue weighted by atomic mass is 9.91. The first kappa shape index (κ1) is 19.7. The zero-order valence-corrected chi connectivity index (χ0v) is 15.1. The van der Waals surface area contributed by atoms with E-state index in [1.54, 1.807) is 5.32 Å². The molecule has 28 heavy (non-hydrogen) atoms. The van der Waals surface area contributed by atoms with Gasteiger partial charge in [-0.05, 0) is 24.3 Å². The Balaban J connectivity index is 2.27. The van der Waals surface area contributed by atoms with Crippen molar-refractivity contribution in [3.63, 3.8) is 0 Å². The van der Waals surface area contributed by atoms with Crippen LogP contribution in [0.5, 0.6) is 0 Å². The molecule has 1 aromatic heterocycles. The number of aromatic nitrogens is 2. The third kappa shape index (κ3) is 2.61. The number of carbonyl (C=O) groups is 2. The molecule has 0 unspecified atom stereocenters. The Morgan fingerprint density at radius 1 is 1.11 bits per heavy atom. The Labute approximate surface area is 159 Å². The molecule has 0 fully saturated rings. The highest BCUT2D eigenvalue weighted by atomic mass is 35.5. The molecule has 0 radical (unpaired) electrons. The highest BCUT2D eigenvalue weighted by molar-refractivity contribution is 6.30. The number of carbonyl (C=O) groups excluding carboxylic acids is 2. The molecule has 1 atom stereocenters. The average molecular weight is 417 g/mol. The molecule has 1 aromatic carbocycles. The van der Waals surface area contributed by atoms with E-state index in [1.807, 2.05) is 5.32 Å². The van der Waals surface area contributed by atoms with Crippen LogP contribution in [0.1, 0.15) is 15.9 Å². The molecule has 1 aliphatic heterocycles. The lowest BCUT2D eigenvalue weighted by Gasteiger charge is -2.30. The number of hydrogen-bond donors (Lipinski definition) is 2. The standard InChI is InChI=1S/C16H12ClF3N4O4/c1-23-10-9(12(26)24(2)14(23)28)15(13(27)21-10,16(18,19)20)22-11(25)7-3-5-8(17)6-4-7/h3-6H,1-2H3,(H,21,27)(H,22,25)/t15-/m1/s1. The summed E-state index contributed by atoms with van der Waals surface area (Å²) in [4.78, 5) is 49.4. The summed E-state index contributed by atoms with van der Waals surface area (Å²) in [5.41, 5.74) is -7.26. The number of nitrogens with one attached hydrogen (secondary N) is 2. The van der Waals surface area contributed by atoms with Crippen LogP contribution >= 0.6 is 11.6 Å².